The summed E-state index contributed by atoms with van der Waals surface area (Å²) in [5.41, 5.74) is 0.0436. The maximum atomic E-state index is 11.4. The average molecular weight is 244 g/mol. The number of sulfone groups is 1. The molecule has 1 aliphatic rings. The smallest absolute Gasteiger partial charge is 0.354 e. The van der Waals surface area contributed by atoms with Crippen LogP contribution < -0.4 is 0 Å². The predicted molar refractivity (Wildman–Crippen MR) is 56.1 cm³/mol. The molecule has 0 radical (unpaired) electrons. The molecule has 1 fully saturated rings. The highest BCUT2D eigenvalue weighted by atomic mass is 32.2. The summed E-state index contributed by atoms with van der Waals surface area (Å²) < 4.78 is 24.2. The normalized spacial score (nSPS) is 24.1. The average Bonchev–Trinajstić information content (AvgIpc) is 2.64. The van der Waals surface area contributed by atoms with Gasteiger partial charge in [-0.3, -0.25) is 4.68 Å². The number of hydrogen-bond acceptors (Lipinski definition) is 4. The van der Waals surface area contributed by atoms with Gasteiger partial charge in [0.25, 0.3) is 0 Å². The Labute approximate surface area is 92.8 Å². The lowest BCUT2D eigenvalue weighted by molar-refractivity contribution is 0.0680. The van der Waals surface area contributed by atoms with Crippen LogP contribution >= 0.6 is 0 Å². The molecular weight excluding hydrogens is 232 g/mol. The predicted octanol–water partition coefficient (Wildman–Crippen LogP) is 0.331. The van der Waals surface area contributed by atoms with Gasteiger partial charge in [-0.25, -0.2) is 13.2 Å². The summed E-state index contributed by atoms with van der Waals surface area (Å²) in [7, 11) is -3.05. The minimum atomic E-state index is -3.05. The molecule has 7 heteroatoms. The Bertz CT molecular complexity index is 505. The van der Waals surface area contributed by atoms with E-state index in [1.807, 2.05) is 0 Å². The SMILES string of the molecule is O=C(O)c1ccnn1C1CCCS(=O)(=O)C1. The van der Waals surface area contributed by atoms with Crippen molar-refractivity contribution in [2.24, 2.45) is 0 Å². The summed E-state index contributed by atoms with van der Waals surface area (Å²) >= 11 is 0. The number of rotatable bonds is 2. The fourth-order valence-corrected chi connectivity index (χ4v) is 3.63. The molecule has 1 aromatic heterocycles. The second-order valence-electron chi connectivity index (χ2n) is 3.88. The van der Waals surface area contributed by atoms with E-state index in [0.717, 1.165) is 0 Å². The van der Waals surface area contributed by atoms with Crippen molar-refractivity contribution in [3.63, 3.8) is 0 Å². The molecule has 16 heavy (non-hydrogen) atoms. The van der Waals surface area contributed by atoms with Gasteiger partial charge >= 0.3 is 5.97 Å². The van der Waals surface area contributed by atoms with Crippen LogP contribution in [0.3, 0.4) is 0 Å². The Hall–Kier alpha value is -1.37. The molecule has 1 atom stereocenters. The van der Waals surface area contributed by atoms with Crippen molar-refractivity contribution in [3.05, 3.63) is 18.0 Å². The molecular formula is C9H12N2O4S. The second kappa shape index (κ2) is 3.89. The Morgan fingerprint density at radius 3 is 2.94 bits per heavy atom. The molecule has 1 aromatic rings. The first-order valence-electron chi connectivity index (χ1n) is 4.97. The van der Waals surface area contributed by atoms with E-state index in [2.05, 4.69) is 5.10 Å². The summed E-state index contributed by atoms with van der Waals surface area (Å²) in [4.78, 5) is 10.9. The quantitative estimate of drug-likeness (QED) is 0.809. The minimum Gasteiger partial charge on any atom is -0.477 e. The van der Waals surface area contributed by atoms with E-state index in [0.29, 0.717) is 12.8 Å². The third-order valence-corrected chi connectivity index (χ3v) is 4.48. The van der Waals surface area contributed by atoms with E-state index in [-0.39, 0.29) is 23.2 Å². The van der Waals surface area contributed by atoms with Crippen molar-refractivity contribution in [3.8, 4) is 0 Å². The molecule has 1 unspecified atom stereocenters. The van der Waals surface area contributed by atoms with Gasteiger partial charge < -0.3 is 5.11 Å². The number of carboxylic acid groups (broad SMARTS) is 1. The fourth-order valence-electron chi connectivity index (χ4n) is 1.97. The third kappa shape index (κ3) is 2.08. The lowest BCUT2D eigenvalue weighted by atomic mass is 10.2. The first-order valence-corrected chi connectivity index (χ1v) is 6.79. The molecule has 0 bridgehead atoms. The number of carbonyl (C=O) groups is 1. The van der Waals surface area contributed by atoms with Crippen molar-refractivity contribution in [1.82, 2.24) is 9.78 Å². The Kier molecular flexibility index (Phi) is 2.71. The lowest BCUT2D eigenvalue weighted by Crippen LogP contribution is -2.29. The van der Waals surface area contributed by atoms with Crippen molar-refractivity contribution >= 4 is 15.8 Å². The fraction of sp³-hybridized carbons (Fsp3) is 0.556. The van der Waals surface area contributed by atoms with Crippen LogP contribution in [0.15, 0.2) is 12.3 Å². The van der Waals surface area contributed by atoms with E-state index in [4.69, 9.17) is 5.11 Å². The van der Waals surface area contributed by atoms with E-state index in [1.165, 1.54) is 16.9 Å². The molecule has 0 aliphatic carbocycles. The number of nitrogens with zero attached hydrogens (tertiary/aromatic N) is 2. The zero-order valence-electron chi connectivity index (χ0n) is 8.54. The minimum absolute atomic E-state index is 0.0189. The maximum absolute atomic E-state index is 11.4. The van der Waals surface area contributed by atoms with Gasteiger partial charge in [-0.15, -0.1) is 0 Å². The van der Waals surface area contributed by atoms with E-state index in [1.54, 1.807) is 0 Å². The molecule has 88 valence electrons. The van der Waals surface area contributed by atoms with Crippen LogP contribution in [0.4, 0.5) is 0 Å². The monoisotopic (exact) mass is 244 g/mol. The molecule has 0 amide bonds. The zero-order valence-corrected chi connectivity index (χ0v) is 9.35. The van der Waals surface area contributed by atoms with Gasteiger partial charge in [0.15, 0.2) is 9.84 Å². The van der Waals surface area contributed by atoms with Crippen molar-refractivity contribution < 1.29 is 18.3 Å². The Morgan fingerprint density at radius 1 is 1.56 bits per heavy atom. The first kappa shape index (κ1) is 11.1. The Balaban J connectivity index is 2.30. The standard InChI is InChI=1S/C9H12N2O4S/c12-9(13)8-3-4-10-11(8)7-2-1-5-16(14,15)6-7/h3-4,7H,1-2,5-6H2,(H,12,13). The first-order chi connectivity index (χ1) is 7.49. The van der Waals surface area contributed by atoms with Crippen molar-refractivity contribution in [1.29, 1.82) is 0 Å². The highest BCUT2D eigenvalue weighted by Crippen LogP contribution is 2.23. The zero-order chi connectivity index (χ0) is 11.8. The summed E-state index contributed by atoms with van der Waals surface area (Å²) in [6.45, 7) is 0. The highest BCUT2D eigenvalue weighted by molar-refractivity contribution is 7.91. The summed E-state index contributed by atoms with van der Waals surface area (Å²) in [6.07, 6.45) is 2.60. The van der Waals surface area contributed by atoms with Gasteiger partial charge in [-0.05, 0) is 18.9 Å². The molecule has 2 heterocycles. The molecule has 0 saturated carbocycles. The van der Waals surface area contributed by atoms with Gasteiger partial charge in [0.2, 0.25) is 0 Å². The topological polar surface area (TPSA) is 89.3 Å². The van der Waals surface area contributed by atoms with Gasteiger partial charge in [0.05, 0.1) is 17.5 Å². The van der Waals surface area contributed by atoms with Crippen molar-refractivity contribution in [2.45, 2.75) is 18.9 Å². The molecule has 0 aromatic carbocycles. The van der Waals surface area contributed by atoms with E-state index in [9.17, 15) is 13.2 Å². The van der Waals surface area contributed by atoms with Crippen LogP contribution in [-0.2, 0) is 9.84 Å². The molecule has 6 nitrogen and oxygen atoms in total. The molecule has 1 saturated heterocycles. The molecule has 0 spiro atoms. The van der Waals surface area contributed by atoms with Crippen LogP contribution in [0.5, 0.6) is 0 Å². The lowest BCUT2D eigenvalue weighted by Gasteiger charge is -2.23. The maximum Gasteiger partial charge on any atom is 0.354 e. The van der Waals surface area contributed by atoms with Gasteiger partial charge in [-0.2, -0.15) is 5.10 Å². The van der Waals surface area contributed by atoms with Crippen LogP contribution in [0.2, 0.25) is 0 Å². The van der Waals surface area contributed by atoms with Gasteiger partial charge in [0.1, 0.15) is 5.69 Å². The van der Waals surface area contributed by atoms with Crippen LogP contribution in [0, 0.1) is 0 Å². The molecule has 2 rings (SSSR count). The highest BCUT2D eigenvalue weighted by Gasteiger charge is 2.28. The van der Waals surface area contributed by atoms with Crippen LogP contribution in [0.1, 0.15) is 29.4 Å². The summed E-state index contributed by atoms with van der Waals surface area (Å²) in [5.74, 6) is -0.914. The second-order valence-corrected chi connectivity index (χ2v) is 6.11. The molecule has 1 N–H and O–H groups in total. The van der Waals surface area contributed by atoms with E-state index >= 15 is 0 Å². The van der Waals surface area contributed by atoms with E-state index < -0.39 is 15.8 Å². The summed E-state index contributed by atoms with van der Waals surface area (Å²) in [5, 5.41) is 12.8. The third-order valence-electron chi connectivity index (χ3n) is 2.67. The number of hydrogen-bond donors (Lipinski definition) is 1. The van der Waals surface area contributed by atoms with Crippen molar-refractivity contribution in [2.75, 3.05) is 11.5 Å². The van der Waals surface area contributed by atoms with Crippen LogP contribution in [0.25, 0.3) is 0 Å². The van der Waals surface area contributed by atoms with Gasteiger partial charge in [0, 0.05) is 6.20 Å². The molecule has 1 aliphatic heterocycles. The number of aromatic nitrogens is 2. The number of aromatic carboxylic acids is 1. The largest absolute Gasteiger partial charge is 0.477 e. The summed E-state index contributed by atoms with van der Waals surface area (Å²) in [6, 6.07) is 1.03. The number of carboxylic acids is 1. The van der Waals surface area contributed by atoms with Gasteiger partial charge in [-0.1, -0.05) is 0 Å². The Morgan fingerprint density at radius 2 is 2.31 bits per heavy atom. The van der Waals surface area contributed by atoms with Crippen LogP contribution in [-0.4, -0.2) is 40.8 Å².